The first-order chi connectivity index (χ1) is 12.3. The van der Waals surface area contributed by atoms with Crippen molar-refractivity contribution in [3.05, 3.63) is 59.6 Å². The lowest BCUT2D eigenvalue weighted by Crippen LogP contribution is -2.17. The summed E-state index contributed by atoms with van der Waals surface area (Å²) in [6.45, 7) is 2.21. The molecule has 3 heterocycles. The highest BCUT2D eigenvalue weighted by atomic mass is 35.5. The second-order valence-electron chi connectivity index (χ2n) is 6.34. The van der Waals surface area contributed by atoms with Crippen LogP contribution in [0.5, 0.6) is 0 Å². The van der Waals surface area contributed by atoms with Crippen molar-refractivity contribution in [3.63, 3.8) is 0 Å². The Kier molecular flexibility index (Phi) is 6.06. The van der Waals surface area contributed by atoms with Crippen LogP contribution in [0, 0.1) is 5.82 Å². The molecule has 0 unspecified atom stereocenters. The Morgan fingerprint density at radius 3 is 2.81 bits per heavy atom. The molecule has 0 saturated carbocycles. The zero-order valence-electron chi connectivity index (χ0n) is 14.4. The molecule has 1 aromatic carbocycles. The molecular weight excluding hydrogens is 355 g/mol. The summed E-state index contributed by atoms with van der Waals surface area (Å²) >= 11 is 0. The Balaban J connectivity index is 0.00000196. The van der Waals surface area contributed by atoms with E-state index in [9.17, 15) is 4.39 Å². The third-order valence-electron chi connectivity index (χ3n) is 4.57. The number of hydrogen-bond donors (Lipinski definition) is 1. The Hall–Kier alpha value is -2.18. The minimum atomic E-state index is -0.275. The second-order valence-corrected chi connectivity index (χ2v) is 6.34. The molecule has 4 rings (SSSR count). The van der Waals surface area contributed by atoms with Crippen LogP contribution in [0.3, 0.4) is 0 Å². The maximum Gasteiger partial charge on any atom is 0.147 e. The minimum Gasteiger partial charge on any atom is -0.460 e. The van der Waals surface area contributed by atoms with Crippen LogP contribution in [0.4, 0.5) is 4.39 Å². The van der Waals surface area contributed by atoms with Gasteiger partial charge in [-0.1, -0.05) is 18.6 Å². The van der Waals surface area contributed by atoms with Crippen molar-refractivity contribution in [2.45, 2.75) is 45.3 Å². The maximum atomic E-state index is 13.8. The number of nitrogens with one attached hydrogen (secondary N) is 1. The second kappa shape index (κ2) is 8.47. The number of nitrogens with zero attached hydrogens (tertiary/aromatic N) is 3. The lowest BCUT2D eigenvalue weighted by molar-refractivity contribution is 0.482. The van der Waals surface area contributed by atoms with Gasteiger partial charge in [0, 0.05) is 13.0 Å². The summed E-state index contributed by atoms with van der Waals surface area (Å²) in [4.78, 5) is 0. The van der Waals surface area contributed by atoms with Gasteiger partial charge >= 0.3 is 0 Å². The van der Waals surface area contributed by atoms with Crippen molar-refractivity contribution in [1.29, 1.82) is 0 Å². The third kappa shape index (κ3) is 3.97. The highest BCUT2D eigenvalue weighted by Crippen LogP contribution is 2.24. The number of benzene rings is 1. The van der Waals surface area contributed by atoms with Crippen molar-refractivity contribution in [2.75, 3.05) is 0 Å². The molecule has 0 spiro atoms. The monoisotopic (exact) mass is 376 g/mol. The highest BCUT2D eigenvalue weighted by molar-refractivity contribution is 5.85. The highest BCUT2D eigenvalue weighted by Gasteiger charge is 2.14. The maximum absolute atomic E-state index is 13.8. The molecular formula is C19H22ClFN4O. The number of furan rings is 1. The van der Waals surface area contributed by atoms with Gasteiger partial charge in [0.25, 0.3) is 0 Å². The standard InChI is InChI=1S/C19H21FN4O.ClH/c20-16-7-4-3-6-15(16)17-10-9-14(25-17)12-21-13-19-23-22-18-8-2-1-5-11-24(18)19;/h3-4,6-7,9-10,21H,1-2,5,8,11-13H2;1H. The molecule has 0 saturated heterocycles. The molecule has 26 heavy (non-hydrogen) atoms. The average molecular weight is 377 g/mol. The van der Waals surface area contributed by atoms with E-state index in [1.807, 2.05) is 6.07 Å². The lowest BCUT2D eigenvalue weighted by Gasteiger charge is -2.07. The van der Waals surface area contributed by atoms with Gasteiger partial charge in [-0.05, 0) is 37.1 Å². The van der Waals surface area contributed by atoms with Crippen LogP contribution < -0.4 is 5.32 Å². The number of hydrogen-bond acceptors (Lipinski definition) is 4. The molecule has 0 bridgehead atoms. The van der Waals surface area contributed by atoms with Crippen LogP contribution in [-0.4, -0.2) is 14.8 Å². The van der Waals surface area contributed by atoms with E-state index in [1.54, 1.807) is 24.3 Å². The Morgan fingerprint density at radius 2 is 1.92 bits per heavy atom. The lowest BCUT2D eigenvalue weighted by atomic mass is 10.1. The Bertz CT molecular complexity index is 861. The first kappa shape index (κ1) is 18.6. The predicted molar refractivity (Wildman–Crippen MR) is 99.5 cm³/mol. The van der Waals surface area contributed by atoms with Crippen molar-refractivity contribution in [2.24, 2.45) is 0 Å². The zero-order valence-corrected chi connectivity index (χ0v) is 15.3. The number of rotatable bonds is 5. The van der Waals surface area contributed by atoms with Crippen molar-refractivity contribution >= 4 is 12.4 Å². The van der Waals surface area contributed by atoms with E-state index in [1.165, 1.54) is 25.3 Å². The van der Waals surface area contributed by atoms with Crippen molar-refractivity contribution in [3.8, 4) is 11.3 Å². The van der Waals surface area contributed by atoms with Gasteiger partial charge in [0.1, 0.15) is 29.0 Å². The normalized spacial score (nSPS) is 13.7. The van der Waals surface area contributed by atoms with Gasteiger partial charge in [0.15, 0.2) is 0 Å². The number of aryl methyl sites for hydroxylation is 1. The molecule has 0 radical (unpaired) electrons. The molecule has 5 nitrogen and oxygen atoms in total. The third-order valence-corrected chi connectivity index (χ3v) is 4.57. The SMILES string of the molecule is Cl.Fc1ccccc1-c1ccc(CNCc2nnc3n2CCCCC3)o1. The Morgan fingerprint density at radius 1 is 1.04 bits per heavy atom. The van der Waals surface area contributed by atoms with Crippen molar-refractivity contribution in [1.82, 2.24) is 20.1 Å². The molecule has 7 heteroatoms. The van der Waals surface area contributed by atoms with Gasteiger partial charge in [-0.25, -0.2) is 4.39 Å². The molecule has 138 valence electrons. The van der Waals surface area contributed by atoms with Crippen molar-refractivity contribution < 1.29 is 8.81 Å². The van der Waals surface area contributed by atoms with Crippen LogP contribution in [0.15, 0.2) is 40.8 Å². The van der Waals surface area contributed by atoms with Gasteiger partial charge in [0.2, 0.25) is 0 Å². The van der Waals surface area contributed by atoms with E-state index in [0.717, 1.165) is 30.4 Å². The molecule has 1 aliphatic heterocycles. The topological polar surface area (TPSA) is 55.9 Å². The molecule has 0 fully saturated rings. The van der Waals surface area contributed by atoms with Gasteiger partial charge in [0.05, 0.1) is 18.7 Å². The molecule has 1 aliphatic rings. The molecule has 0 atom stereocenters. The van der Waals surface area contributed by atoms with Gasteiger partial charge in [-0.15, -0.1) is 22.6 Å². The largest absolute Gasteiger partial charge is 0.460 e. The van der Waals surface area contributed by atoms with Crippen LogP contribution in [0.25, 0.3) is 11.3 Å². The Labute approximate surface area is 158 Å². The minimum absolute atomic E-state index is 0. The van der Waals surface area contributed by atoms with E-state index >= 15 is 0 Å². The summed E-state index contributed by atoms with van der Waals surface area (Å²) < 4.78 is 21.8. The van der Waals surface area contributed by atoms with E-state index in [2.05, 4.69) is 20.1 Å². The van der Waals surface area contributed by atoms with Crippen LogP contribution in [0.1, 0.15) is 36.7 Å². The van der Waals surface area contributed by atoms with Gasteiger partial charge in [-0.3, -0.25) is 0 Å². The quantitative estimate of drug-likeness (QED) is 0.727. The number of fused-ring (bicyclic) bond motifs is 1. The molecule has 0 aliphatic carbocycles. The number of aromatic nitrogens is 3. The zero-order chi connectivity index (χ0) is 17.1. The summed E-state index contributed by atoms with van der Waals surface area (Å²) in [5.74, 6) is 3.11. The van der Waals surface area contributed by atoms with Crippen LogP contribution in [0.2, 0.25) is 0 Å². The first-order valence-corrected chi connectivity index (χ1v) is 8.76. The van der Waals surface area contributed by atoms with E-state index in [0.29, 0.717) is 24.4 Å². The molecule has 2 aromatic heterocycles. The van der Waals surface area contributed by atoms with Crippen LogP contribution >= 0.6 is 12.4 Å². The van der Waals surface area contributed by atoms with Gasteiger partial charge in [-0.2, -0.15) is 0 Å². The smallest absolute Gasteiger partial charge is 0.147 e. The first-order valence-electron chi connectivity index (χ1n) is 8.76. The molecule has 0 amide bonds. The summed E-state index contributed by atoms with van der Waals surface area (Å²) in [5.41, 5.74) is 0.483. The summed E-state index contributed by atoms with van der Waals surface area (Å²) in [7, 11) is 0. The fraction of sp³-hybridized carbons (Fsp3) is 0.368. The fourth-order valence-corrected chi connectivity index (χ4v) is 3.25. The molecule has 3 aromatic rings. The summed E-state index contributed by atoms with van der Waals surface area (Å²) in [6.07, 6.45) is 4.64. The molecule has 1 N–H and O–H groups in total. The van der Waals surface area contributed by atoms with Gasteiger partial charge < -0.3 is 14.3 Å². The average Bonchev–Trinajstić information content (AvgIpc) is 3.16. The predicted octanol–water partition coefficient (Wildman–Crippen LogP) is 4.12. The van der Waals surface area contributed by atoms with E-state index in [-0.39, 0.29) is 18.2 Å². The van der Waals surface area contributed by atoms with E-state index in [4.69, 9.17) is 4.42 Å². The fourth-order valence-electron chi connectivity index (χ4n) is 3.25. The van der Waals surface area contributed by atoms with E-state index < -0.39 is 0 Å². The summed E-state index contributed by atoms with van der Waals surface area (Å²) in [6, 6.07) is 10.3. The summed E-state index contributed by atoms with van der Waals surface area (Å²) in [5, 5.41) is 12.0. The number of halogens is 2. The van der Waals surface area contributed by atoms with Crippen LogP contribution in [-0.2, 0) is 26.1 Å².